The van der Waals surface area contributed by atoms with E-state index in [1.165, 1.54) is 0 Å². The quantitative estimate of drug-likeness (QED) is 0.626. The molecule has 88 valence electrons. The number of ketones is 1. The number of halogens is 1. The number of rotatable bonds is 0. The number of benzene rings is 1. The number of fused-ring (bicyclic) bond motifs is 5. The highest BCUT2D eigenvalue weighted by Crippen LogP contribution is 2.34. The number of H-pyrrole nitrogens is 1. The summed E-state index contributed by atoms with van der Waals surface area (Å²) in [6.07, 6.45) is 3.21. The van der Waals surface area contributed by atoms with Crippen LogP contribution in [0.1, 0.15) is 22.5 Å². The standard InChI is InChI=1S/C14H9ClN2O/c15-12-5-9-7(6-16-12)1-2-8-13-10(17-14(8)9)3-4-11(13)18/h1-2,5-6,16H,3-4H2. The summed E-state index contributed by atoms with van der Waals surface area (Å²) in [6.45, 7) is 0. The number of hydrogen-bond acceptors (Lipinski definition) is 2. The Bertz CT molecular complexity index is 819. The molecule has 0 atom stereocenters. The fourth-order valence-electron chi connectivity index (χ4n) is 2.73. The molecule has 4 rings (SSSR count). The first-order chi connectivity index (χ1) is 8.74. The Labute approximate surface area is 108 Å². The van der Waals surface area contributed by atoms with Gasteiger partial charge in [0.1, 0.15) is 5.15 Å². The second-order valence-electron chi connectivity index (χ2n) is 4.60. The number of carbonyl (C=O) groups is 1. The van der Waals surface area contributed by atoms with Crippen LogP contribution in [0, 0.1) is 0 Å². The summed E-state index contributed by atoms with van der Waals surface area (Å²) in [7, 11) is 0. The molecule has 3 aromatic rings. The molecule has 18 heavy (non-hydrogen) atoms. The van der Waals surface area contributed by atoms with Crippen molar-refractivity contribution in [2.24, 2.45) is 0 Å². The van der Waals surface area contributed by atoms with E-state index in [9.17, 15) is 4.79 Å². The monoisotopic (exact) mass is 256 g/mol. The zero-order valence-electron chi connectivity index (χ0n) is 9.46. The molecule has 2 heterocycles. The summed E-state index contributed by atoms with van der Waals surface area (Å²) in [5.41, 5.74) is 2.64. The van der Waals surface area contributed by atoms with Crippen LogP contribution in [0.5, 0.6) is 0 Å². The number of aromatic nitrogens is 2. The summed E-state index contributed by atoms with van der Waals surface area (Å²) < 4.78 is 0. The van der Waals surface area contributed by atoms with Gasteiger partial charge >= 0.3 is 0 Å². The van der Waals surface area contributed by atoms with Gasteiger partial charge in [-0.1, -0.05) is 23.7 Å². The van der Waals surface area contributed by atoms with Crippen LogP contribution in [-0.2, 0) is 6.42 Å². The maximum Gasteiger partial charge on any atom is 0.165 e. The first kappa shape index (κ1) is 10.1. The minimum atomic E-state index is 0.209. The van der Waals surface area contributed by atoms with Crippen LogP contribution in [0.3, 0.4) is 0 Å². The van der Waals surface area contributed by atoms with Gasteiger partial charge in [-0.05, 0) is 12.5 Å². The molecule has 0 bridgehead atoms. The van der Waals surface area contributed by atoms with Crippen molar-refractivity contribution in [3.05, 3.63) is 40.8 Å². The van der Waals surface area contributed by atoms with Gasteiger partial charge in [0.05, 0.1) is 11.2 Å². The van der Waals surface area contributed by atoms with Crippen LogP contribution >= 0.6 is 11.6 Å². The van der Waals surface area contributed by atoms with Crippen molar-refractivity contribution in [3.63, 3.8) is 0 Å². The third-order valence-electron chi connectivity index (χ3n) is 3.56. The number of aromatic amines is 1. The van der Waals surface area contributed by atoms with E-state index < -0.39 is 0 Å². The van der Waals surface area contributed by atoms with Crippen molar-refractivity contribution < 1.29 is 4.79 Å². The first-order valence-corrected chi connectivity index (χ1v) is 6.24. The lowest BCUT2D eigenvalue weighted by molar-refractivity contribution is 0.0996. The fraction of sp³-hybridized carbons (Fsp3) is 0.143. The van der Waals surface area contributed by atoms with Crippen LogP contribution in [-0.4, -0.2) is 15.8 Å². The van der Waals surface area contributed by atoms with Crippen molar-refractivity contribution in [2.45, 2.75) is 12.8 Å². The van der Waals surface area contributed by atoms with E-state index in [1.54, 1.807) is 0 Å². The van der Waals surface area contributed by atoms with Crippen molar-refractivity contribution in [3.8, 4) is 0 Å². The molecular weight excluding hydrogens is 248 g/mol. The smallest absolute Gasteiger partial charge is 0.165 e. The van der Waals surface area contributed by atoms with E-state index in [0.717, 1.165) is 39.4 Å². The summed E-state index contributed by atoms with van der Waals surface area (Å²) in [5.74, 6) is 0.209. The molecule has 2 aromatic heterocycles. The van der Waals surface area contributed by atoms with Gasteiger partial charge in [0.25, 0.3) is 0 Å². The molecule has 1 aromatic carbocycles. The molecule has 1 aliphatic carbocycles. The topological polar surface area (TPSA) is 45.8 Å². The normalized spacial score (nSPS) is 14.6. The second-order valence-corrected chi connectivity index (χ2v) is 5.01. The van der Waals surface area contributed by atoms with Gasteiger partial charge in [0, 0.05) is 34.3 Å². The van der Waals surface area contributed by atoms with Gasteiger partial charge in [0.2, 0.25) is 0 Å². The third kappa shape index (κ3) is 1.20. The van der Waals surface area contributed by atoms with Crippen LogP contribution in [0.4, 0.5) is 0 Å². The van der Waals surface area contributed by atoms with E-state index in [4.69, 9.17) is 11.6 Å². The lowest BCUT2D eigenvalue weighted by Crippen LogP contribution is -1.90. The van der Waals surface area contributed by atoms with E-state index in [0.29, 0.717) is 11.6 Å². The number of hydrogen-bond donors (Lipinski definition) is 1. The molecule has 0 saturated carbocycles. The lowest BCUT2D eigenvalue weighted by Gasteiger charge is -2.01. The first-order valence-electron chi connectivity index (χ1n) is 5.86. The average molecular weight is 257 g/mol. The maximum atomic E-state index is 11.9. The van der Waals surface area contributed by atoms with E-state index in [-0.39, 0.29) is 5.78 Å². The summed E-state index contributed by atoms with van der Waals surface area (Å²) in [6, 6.07) is 5.85. The SMILES string of the molecule is O=C1CCc2nc3c(ccc4c[nH]c(Cl)cc43)c21. The van der Waals surface area contributed by atoms with Crippen LogP contribution in [0.2, 0.25) is 5.15 Å². The van der Waals surface area contributed by atoms with Crippen molar-refractivity contribution in [2.75, 3.05) is 0 Å². The number of nitrogens with zero attached hydrogens (tertiary/aromatic N) is 1. The molecule has 0 spiro atoms. The Morgan fingerprint density at radius 3 is 3.00 bits per heavy atom. The molecule has 4 heteroatoms. The van der Waals surface area contributed by atoms with Crippen molar-refractivity contribution >= 4 is 39.1 Å². The molecule has 0 unspecified atom stereocenters. The van der Waals surface area contributed by atoms with Crippen LogP contribution in [0.15, 0.2) is 24.4 Å². The second kappa shape index (κ2) is 3.33. The van der Waals surface area contributed by atoms with Crippen LogP contribution < -0.4 is 0 Å². The van der Waals surface area contributed by atoms with Gasteiger partial charge in [-0.25, -0.2) is 0 Å². The van der Waals surface area contributed by atoms with E-state index in [1.807, 2.05) is 24.4 Å². The van der Waals surface area contributed by atoms with Gasteiger partial charge in [0.15, 0.2) is 5.78 Å². The fourth-order valence-corrected chi connectivity index (χ4v) is 2.90. The summed E-state index contributed by atoms with van der Waals surface area (Å²) >= 11 is 5.99. The minimum absolute atomic E-state index is 0.209. The maximum absolute atomic E-state index is 11.9. The zero-order valence-corrected chi connectivity index (χ0v) is 10.2. The highest BCUT2D eigenvalue weighted by Gasteiger charge is 2.26. The highest BCUT2D eigenvalue weighted by molar-refractivity contribution is 6.30. The molecule has 3 nitrogen and oxygen atoms in total. The molecule has 0 amide bonds. The Morgan fingerprint density at radius 2 is 2.11 bits per heavy atom. The molecule has 0 saturated heterocycles. The number of aryl methyl sites for hydroxylation is 1. The van der Waals surface area contributed by atoms with Crippen molar-refractivity contribution in [1.29, 1.82) is 0 Å². The number of Topliss-reactive ketones (excluding diaryl/α,β-unsaturated/α-hetero) is 1. The number of pyridine rings is 1. The summed E-state index contributed by atoms with van der Waals surface area (Å²) in [4.78, 5) is 19.5. The Morgan fingerprint density at radius 1 is 1.22 bits per heavy atom. The Kier molecular flexibility index (Phi) is 1.87. The third-order valence-corrected chi connectivity index (χ3v) is 3.78. The predicted molar refractivity (Wildman–Crippen MR) is 71.3 cm³/mol. The Balaban J connectivity index is 2.21. The van der Waals surface area contributed by atoms with E-state index >= 15 is 0 Å². The largest absolute Gasteiger partial charge is 0.352 e. The molecule has 1 N–H and O–H groups in total. The van der Waals surface area contributed by atoms with Crippen LogP contribution in [0.25, 0.3) is 21.7 Å². The summed E-state index contributed by atoms with van der Waals surface area (Å²) in [5, 5.41) is 3.58. The highest BCUT2D eigenvalue weighted by atomic mass is 35.5. The number of nitrogens with one attached hydrogen (secondary N) is 1. The number of carbonyl (C=O) groups excluding carboxylic acids is 1. The average Bonchev–Trinajstić information content (AvgIpc) is 2.90. The van der Waals surface area contributed by atoms with Crippen molar-refractivity contribution in [1.82, 2.24) is 9.97 Å². The molecule has 0 aliphatic heterocycles. The van der Waals surface area contributed by atoms with Gasteiger partial charge in [-0.2, -0.15) is 0 Å². The zero-order chi connectivity index (χ0) is 12.3. The van der Waals surface area contributed by atoms with Gasteiger partial charge in [-0.15, -0.1) is 0 Å². The minimum Gasteiger partial charge on any atom is -0.352 e. The lowest BCUT2D eigenvalue weighted by atomic mass is 10.1. The predicted octanol–water partition coefficient (Wildman–Crippen LogP) is 3.50. The van der Waals surface area contributed by atoms with E-state index in [2.05, 4.69) is 9.97 Å². The molecule has 0 fully saturated rings. The molecular formula is C14H9ClN2O. The van der Waals surface area contributed by atoms with Gasteiger partial charge in [-0.3, -0.25) is 9.78 Å². The molecule has 0 radical (unpaired) electrons. The Hall–Kier alpha value is -1.87. The van der Waals surface area contributed by atoms with Gasteiger partial charge < -0.3 is 4.98 Å². The molecule has 1 aliphatic rings.